The Labute approximate surface area is 166 Å². The molecule has 1 aromatic carbocycles. The fraction of sp³-hybridized carbons (Fsp3) is 0.550. The molecule has 0 aliphatic rings. The van der Waals surface area contributed by atoms with Gasteiger partial charge in [-0.15, -0.1) is 0 Å². The first kappa shape index (κ1) is 23.3. The summed E-state index contributed by atoms with van der Waals surface area (Å²) in [5.74, 6) is -0.959. The number of amides is 3. The van der Waals surface area contributed by atoms with Gasteiger partial charge in [-0.25, -0.2) is 14.4 Å². The molecule has 3 amide bonds. The first-order chi connectivity index (χ1) is 13.0. The van der Waals surface area contributed by atoms with E-state index in [0.717, 1.165) is 5.56 Å². The van der Waals surface area contributed by atoms with E-state index in [0.29, 0.717) is 6.42 Å². The van der Waals surface area contributed by atoms with Crippen molar-refractivity contribution in [2.24, 2.45) is 5.92 Å². The summed E-state index contributed by atoms with van der Waals surface area (Å²) in [5, 5.41) is 14.6. The Kier molecular flexibility index (Phi) is 8.76. The molecule has 0 radical (unpaired) electrons. The van der Waals surface area contributed by atoms with Gasteiger partial charge in [-0.2, -0.15) is 0 Å². The number of carboxylic acid groups (broad SMARTS) is 1. The third-order valence-electron chi connectivity index (χ3n) is 3.92. The minimum absolute atomic E-state index is 0.102. The zero-order valence-corrected chi connectivity index (χ0v) is 17.2. The number of carbonyl (C=O) groups is 3. The molecule has 0 unspecified atom stereocenters. The summed E-state index contributed by atoms with van der Waals surface area (Å²) in [6, 6.07) is 7.67. The standard InChI is InChI=1S/C20H31N3O5/c1-14(2)11-16(17(24)25)23(20(3,4)5)18(26)21-13-22-19(27)28-12-15-9-7-6-8-10-15/h6-10,14,16H,11-13H2,1-5H3,(H,21,26)(H,22,27)(H,24,25)/t16-/m0/s1. The average Bonchev–Trinajstić information content (AvgIpc) is 2.58. The Morgan fingerprint density at radius 3 is 2.21 bits per heavy atom. The van der Waals surface area contributed by atoms with Gasteiger partial charge < -0.3 is 25.4 Å². The maximum Gasteiger partial charge on any atom is 0.408 e. The molecule has 0 spiro atoms. The van der Waals surface area contributed by atoms with E-state index in [-0.39, 0.29) is 19.2 Å². The summed E-state index contributed by atoms with van der Waals surface area (Å²) in [6.45, 7) is 9.05. The average molecular weight is 393 g/mol. The lowest BCUT2D eigenvalue weighted by atomic mass is 9.97. The molecule has 28 heavy (non-hydrogen) atoms. The molecule has 1 rings (SSSR count). The second-order valence-electron chi connectivity index (χ2n) is 7.92. The van der Waals surface area contributed by atoms with Crippen molar-refractivity contribution < 1.29 is 24.2 Å². The van der Waals surface area contributed by atoms with Crippen LogP contribution in [0.4, 0.5) is 9.59 Å². The number of benzene rings is 1. The van der Waals surface area contributed by atoms with E-state index in [4.69, 9.17) is 4.74 Å². The maximum absolute atomic E-state index is 12.6. The van der Waals surface area contributed by atoms with E-state index in [1.54, 1.807) is 20.8 Å². The van der Waals surface area contributed by atoms with Gasteiger partial charge in [0.1, 0.15) is 12.6 Å². The Balaban J connectivity index is 2.60. The highest BCUT2D eigenvalue weighted by molar-refractivity contribution is 5.83. The normalized spacial score (nSPS) is 12.2. The van der Waals surface area contributed by atoms with E-state index < -0.39 is 29.7 Å². The molecule has 0 saturated heterocycles. The van der Waals surface area contributed by atoms with Crippen LogP contribution in [0.3, 0.4) is 0 Å². The number of nitrogens with one attached hydrogen (secondary N) is 2. The number of carboxylic acids is 1. The van der Waals surface area contributed by atoms with Crippen molar-refractivity contribution in [3.05, 3.63) is 35.9 Å². The van der Waals surface area contributed by atoms with E-state index >= 15 is 0 Å². The van der Waals surface area contributed by atoms with Gasteiger partial charge in [-0.05, 0) is 38.7 Å². The Morgan fingerprint density at radius 2 is 1.71 bits per heavy atom. The highest BCUT2D eigenvalue weighted by atomic mass is 16.5. The summed E-state index contributed by atoms with van der Waals surface area (Å²) >= 11 is 0. The lowest BCUT2D eigenvalue weighted by molar-refractivity contribution is -0.144. The molecule has 1 aromatic rings. The van der Waals surface area contributed by atoms with E-state index in [1.807, 2.05) is 44.2 Å². The lowest BCUT2D eigenvalue weighted by Crippen LogP contribution is -2.59. The molecule has 0 aliphatic carbocycles. The molecule has 3 N–H and O–H groups in total. The second kappa shape index (κ2) is 10.5. The molecule has 156 valence electrons. The Bertz CT molecular complexity index is 656. The summed E-state index contributed by atoms with van der Waals surface area (Å²) in [5.41, 5.74) is 0.133. The van der Waals surface area contributed by atoms with E-state index in [2.05, 4.69) is 10.6 Å². The highest BCUT2D eigenvalue weighted by Gasteiger charge is 2.37. The van der Waals surface area contributed by atoms with Crippen LogP contribution < -0.4 is 10.6 Å². The van der Waals surface area contributed by atoms with Crippen molar-refractivity contribution in [2.45, 2.75) is 59.2 Å². The van der Waals surface area contributed by atoms with Crippen LogP contribution >= 0.6 is 0 Å². The van der Waals surface area contributed by atoms with Gasteiger partial charge in [0.25, 0.3) is 0 Å². The number of ether oxygens (including phenoxy) is 1. The molecular formula is C20H31N3O5. The molecular weight excluding hydrogens is 362 g/mol. The monoisotopic (exact) mass is 393 g/mol. The first-order valence-electron chi connectivity index (χ1n) is 9.27. The van der Waals surface area contributed by atoms with Gasteiger partial charge in [0.2, 0.25) is 0 Å². The van der Waals surface area contributed by atoms with Crippen molar-refractivity contribution >= 4 is 18.1 Å². The van der Waals surface area contributed by atoms with Crippen LogP contribution in [0.2, 0.25) is 0 Å². The van der Waals surface area contributed by atoms with Crippen LogP contribution in [-0.2, 0) is 16.1 Å². The van der Waals surface area contributed by atoms with Crippen molar-refractivity contribution in [1.29, 1.82) is 0 Å². The van der Waals surface area contributed by atoms with Crippen molar-refractivity contribution in [3.8, 4) is 0 Å². The van der Waals surface area contributed by atoms with Crippen LogP contribution in [0.15, 0.2) is 30.3 Å². The Morgan fingerprint density at radius 1 is 1.11 bits per heavy atom. The number of hydrogen-bond donors (Lipinski definition) is 3. The van der Waals surface area contributed by atoms with E-state index in [9.17, 15) is 19.5 Å². The van der Waals surface area contributed by atoms with Gasteiger partial charge in [0.15, 0.2) is 0 Å². The molecule has 0 heterocycles. The summed E-state index contributed by atoms with van der Waals surface area (Å²) in [6.07, 6.45) is -0.351. The predicted molar refractivity (Wildman–Crippen MR) is 106 cm³/mol. The highest BCUT2D eigenvalue weighted by Crippen LogP contribution is 2.22. The van der Waals surface area contributed by atoms with Gasteiger partial charge >= 0.3 is 18.1 Å². The number of carbonyl (C=O) groups excluding carboxylic acids is 2. The molecule has 8 heteroatoms. The summed E-state index contributed by atoms with van der Waals surface area (Å²) in [4.78, 5) is 37.4. The van der Waals surface area contributed by atoms with Gasteiger partial charge in [-0.1, -0.05) is 44.2 Å². The number of urea groups is 1. The Hall–Kier alpha value is -2.77. The van der Waals surface area contributed by atoms with Crippen molar-refractivity contribution in [3.63, 3.8) is 0 Å². The quantitative estimate of drug-likeness (QED) is 0.588. The van der Waals surface area contributed by atoms with Gasteiger partial charge in [0, 0.05) is 5.54 Å². The molecule has 8 nitrogen and oxygen atoms in total. The molecule has 0 fully saturated rings. The third-order valence-corrected chi connectivity index (χ3v) is 3.92. The van der Waals surface area contributed by atoms with Gasteiger partial charge in [-0.3, -0.25) is 0 Å². The minimum atomic E-state index is -1.06. The topological polar surface area (TPSA) is 108 Å². The maximum atomic E-state index is 12.6. The SMILES string of the molecule is CC(C)C[C@@H](C(=O)O)N(C(=O)NCNC(=O)OCc1ccccc1)C(C)(C)C. The first-order valence-corrected chi connectivity index (χ1v) is 9.27. The predicted octanol–water partition coefficient (Wildman–Crippen LogP) is 3.18. The van der Waals surface area contributed by atoms with Crippen molar-refractivity contribution in [1.82, 2.24) is 15.5 Å². The molecule has 0 aromatic heterocycles. The third kappa shape index (κ3) is 7.85. The van der Waals surface area contributed by atoms with Crippen LogP contribution in [-0.4, -0.2) is 46.3 Å². The van der Waals surface area contributed by atoms with Crippen LogP contribution in [0.5, 0.6) is 0 Å². The van der Waals surface area contributed by atoms with Crippen LogP contribution in [0.1, 0.15) is 46.6 Å². The van der Waals surface area contributed by atoms with Gasteiger partial charge in [0.05, 0.1) is 6.67 Å². The smallest absolute Gasteiger partial charge is 0.408 e. The number of rotatable bonds is 8. The van der Waals surface area contributed by atoms with Crippen molar-refractivity contribution in [2.75, 3.05) is 6.67 Å². The fourth-order valence-electron chi connectivity index (χ4n) is 2.73. The zero-order chi connectivity index (χ0) is 21.3. The lowest BCUT2D eigenvalue weighted by Gasteiger charge is -2.40. The second-order valence-corrected chi connectivity index (χ2v) is 7.92. The zero-order valence-electron chi connectivity index (χ0n) is 17.2. The number of alkyl carbamates (subject to hydrolysis) is 1. The summed E-state index contributed by atoms with van der Waals surface area (Å²) in [7, 11) is 0. The molecule has 0 aliphatic heterocycles. The number of hydrogen-bond acceptors (Lipinski definition) is 4. The molecule has 0 saturated carbocycles. The summed E-state index contributed by atoms with van der Waals surface area (Å²) < 4.78 is 5.07. The molecule has 0 bridgehead atoms. The fourth-order valence-corrected chi connectivity index (χ4v) is 2.73. The van der Waals surface area contributed by atoms with Crippen LogP contribution in [0, 0.1) is 5.92 Å². The largest absolute Gasteiger partial charge is 0.480 e. The van der Waals surface area contributed by atoms with E-state index in [1.165, 1.54) is 4.90 Å². The minimum Gasteiger partial charge on any atom is -0.480 e. The number of aliphatic carboxylic acids is 1. The molecule has 1 atom stereocenters. The number of nitrogens with zero attached hydrogens (tertiary/aromatic N) is 1. The van der Waals surface area contributed by atoms with Crippen LogP contribution in [0.25, 0.3) is 0 Å².